The number of anilines is 2. The van der Waals surface area contributed by atoms with Crippen molar-refractivity contribution in [3.8, 4) is 0 Å². The normalized spacial score (nSPS) is 10.8. The predicted octanol–water partition coefficient (Wildman–Crippen LogP) is 4.27. The van der Waals surface area contributed by atoms with E-state index in [4.69, 9.17) is 0 Å². The lowest BCUT2D eigenvalue weighted by molar-refractivity contribution is -0.120. The molecule has 3 N–H and O–H groups in total. The van der Waals surface area contributed by atoms with Crippen molar-refractivity contribution < 1.29 is 4.79 Å². The first-order chi connectivity index (χ1) is 13.3. The van der Waals surface area contributed by atoms with Crippen molar-refractivity contribution in [2.75, 3.05) is 11.9 Å². The Labute approximate surface area is 161 Å². The molecular formula is C21H20N4OS. The summed E-state index contributed by atoms with van der Waals surface area (Å²) in [5.41, 5.74) is 4.11. The van der Waals surface area contributed by atoms with Crippen molar-refractivity contribution >= 4 is 39.0 Å². The van der Waals surface area contributed by atoms with Crippen LogP contribution in [0.15, 0.2) is 66.2 Å². The van der Waals surface area contributed by atoms with E-state index in [2.05, 4.69) is 32.7 Å². The van der Waals surface area contributed by atoms with E-state index in [0.29, 0.717) is 13.0 Å². The first-order valence-corrected chi connectivity index (χ1v) is 9.74. The van der Waals surface area contributed by atoms with Gasteiger partial charge in [0.25, 0.3) is 0 Å². The molecule has 2 aromatic carbocycles. The van der Waals surface area contributed by atoms with Crippen LogP contribution in [0.25, 0.3) is 10.9 Å². The molecule has 0 atom stereocenters. The molecule has 0 radical (unpaired) electrons. The van der Waals surface area contributed by atoms with E-state index in [9.17, 15) is 4.79 Å². The topological polar surface area (TPSA) is 69.8 Å². The molecule has 0 aliphatic carbocycles. The number of rotatable bonds is 7. The number of thiazole rings is 1. The number of amides is 1. The highest BCUT2D eigenvalue weighted by molar-refractivity contribution is 7.13. The van der Waals surface area contributed by atoms with Crippen LogP contribution in [0.4, 0.5) is 10.8 Å². The number of nitrogens with zero attached hydrogens (tertiary/aromatic N) is 1. The van der Waals surface area contributed by atoms with E-state index < -0.39 is 0 Å². The molecule has 4 rings (SSSR count). The number of nitrogens with one attached hydrogen (secondary N) is 3. The quantitative estimate of drug-likeness (QED) is 0.451. The molecule has 27 heavy (non-hydrogen) atoms. The smallest absolute Gasteiger partial charge is 0.226 e. The fraction of sp³-hybridized carbons (Fsp3) is 0.143. The number of para-hydroxylation sites is 2. The van der Waals surface area contributed by atoms with Gasteiger partial charge in [0.15, 0.2) is 5.13 Å². The van der Waals surface area contributed by atoms with Crippen molar-refractivity contribution in [1.82, 2.24) is 15.3 Å². The molecule has 0 bridgehead atoms. The van der Waals surface area contributed by atoms with Crippen LogP contribution in [0, 0.1) is 0 Å². The Morgan fingerprint density at radius 3 is 2.78 bits per heavy atom. The first kappa shape index (κ1) is 17.3. The van der Waals surface area contributed by atoms with Crippen molar-refractivity contribution in [1.29, 1.82) is 0 Å². The maximum Gasteiger partial charge on any atom is 0.226 e. The molecular weight excluding hydrogens is 356 g/mol. The molecule has 5 nitrogen and oxygen atoms in total. The van der Waals surface area contributed by atoms with Crippen LogP contribution in [-0.2, 0) is 17.6 Å². The number of hydrogen-bond acceptors (Lipinski definition) is 4. The van der Waals surface area contributed by atoms with Gasteiger partial charge in [0.2, 0.25) is 5.91 Å². The van der Waals surface area contributed by atoms with Crippen LogP contribution in [-0.4, -0.2) is 22.4 Å². The third-order valence-corrected chi connectivity index (χ3v) is 5.12. The van der Waals surface area contributed by atoms with Gasteiger partial charge in [-0.1, -0.05) is 36.4 Å². The molecule has 0 fully saturated rings. The summed E-state index contributed by atoms with van der Waals surface area (Å²) >= 11 is 1.50. The minimum atomic E-state index is -0.00796. The Morgan fingerprint density at radius 2 is 1.89 bits per heavy atom. The monoisotopic (exact) mass is 376 g/mol. The summed E-state index contributed by atoms with van der Waals surface area (Å²) in [6.07, 6.45) is 3.10. The standard InChI is InChI=1S/C21H20N4OS/c26-20(22-11-10-15-13-23-19-9-5-4-8-18(15)19)12-17-14-27-21(25-17)24-16-6-2-1-3-7-16/h1-9,13-14,23H,10-12H2,(H,22,26)(H,24,25). The zero-order valence-electron chi connectivity index (χ0n) is 14.7. The van der Waals surface area contributed by atoms with Crippen LogP contribution in [0.5, 0.6) is 0 Å². The highest BCUT2D eigenvalue weighted by Gasteiger charge is 2.09. The molecule has 2 aromatic heterocycles. The van der Waals surface area contributed by atoms with E-state index >= 15 is 0 Å². The molecule has 0 saturated heterocycles. The Kier molecular flexibility index (Phi) is 5.16. The molecule has 6 heteroatoms. The van der Waals surface area contributed by atoms with E-state index in [-0.39, 0.29) is 5.91 Å². The van der Waals surface area contributed by atoms with Crippen molar-refractivity contribution in [3.05, 3.63) is 77.4 Å². The van der Waals surface area contributed by atoms with Crippen LogP contribution < -0.4 is 10.6 Å². The van der Waals surface area contributed by atoms with Crippen molar-refractivity contribution in [2.45, 2.75) is 12.8 Å². The summed E-state index contributed by atoms with van der Waals surface area (Å²) in [5.74, 6) is -0.00796. The lowest BCUT2D eigenvalue weighted by Crippen LogP contribution is -2.27. The summed E-state index contributed by atoms with van der Waals surface area (Å²) in [4.78, 5) is 19.9. The lowest BCUT2D eigenvalue weighted by Gasteiger charge is -2.04. The van der Waals surface area contributed by atoms with Crippen LogP contribution >= 0.6 is 11.3 Å². The second kappa shape index (κ2) is 8.05. The van der Waals surface area contributed by atoms with Gasteiger partial charge < -0.3 is 15.6 Å². The Bertz CT molecular complexity index is 1040. The fourth-order valence-corrected chi connectivity index (χ4v) is 3.72. The Balaban J connectivity index is 1.27. The highest BCUT2D eigenvalue weighted by atomic mass is 32.1. The van der Waals surface area contributed by atoms with E-state index in [1.54, 1.807) is 0 Å². The van der Waals surface area contributed by atoms with Gasteiger partial charge in [-0.25, -0.2) is 4.98 Å². The number of hydrogen-bond donors (Lipinski definition) is 3. The third-order valence-electron chi connectivity index (χ3n) is 4.31. The lowest BCUT2D eigenvalue weighted by atomic mass is 10.1. The number of benzene rings is 2. The Morgan fingerprint density at radius 1 is 1.07 bits per heavy atom. The molecule has 0 saturated carbocycles. The van der Waals surface area contributed by atoms with Crippen LogP contribution in [0.2, 0.25) is 0 Å². The van der Waals surface area contributed by atoms with Crippen molar-refractivity contribution in [2.24, 2.45) is 0 Å². The molecule has 0 unspecified atom stereocenters. The molecule has 0 aliphatic rings. The number of fused-ring (bicyclic) bond motifs is 1. The summed E-state index contributed by atoms with van der Waals surface area (Å²) in [5, 5.41) is 10.2. The minimum absolute atomic E-state index is 0.00796. The predicted molar refractivity (Wildman–Crippen MR) is 111 cm³/mol. The maximum atomic E-state index is 12.2. The average molecular weight is 376 g/mol. The van der Waals surface area contributed by atoms with E-state index in [0.717, 1.165) is 28.5 Å². The summed E-state index contributed by atoms with van der Waals surface area (Å²) < 4.78 is 0. The van der Waals surface area contributed by atoms with Crippen LogP contribution in [0.3, 0.4) is 0 Å². The molecule has 2 heterocycles. The number of carbonyl (C=O) groups excluding carboxylic acids is 1. The zero-order valence-corrected chi connectivity index (χ0v) is 15.6. The molecule has 1 amide bonds. The average Bonchev–Trinajstić information content (AvgIpc) is 3.30. The van der Waals surface area contributed by atoms with Gasteiger partial charge in [-0.3, -0.25) is 4.79 Å². The summed E-state index contributed by atoms with van der Waals surface area (Å²) in [6.45, 7) is 0.611. The second-order valence-corrected chi connectivity index (χ2v) is 7.13. The van der Waals surface area contributed by atoms with E-state index in [1.807, 2.05) is 54.0 Å². The molecule has 0 aliphatic heterocycles. The van der Waals surface area contributed by atoms with Gasteiger partial charge in [0, 0.05) is 34.7 Å². The first-order valence-electron chi connectivity index (χ1n) is 8.86. The van der Waals surface area contributed by atoms with Gasteiger partial charge in [0.05, 0.1) is 12.1 Å². The van der Waals surface area contributed by atoms with Gasteiger partial charge in [-0.15, -0.1) is 11.3 Å². The van der Waals surface area contributed by atoms with Crippen molar-refractivity contribution in [3.63, 3.8) is 0 Å². The third kappa shape index (κ3) is 4.35. The molecule has 0 spiro atoms. The summed E-state index contributed by atoms with van der Waals surface area (Å²) in [6, 6.07) is 18.1. The fourth-order valence-electron chi connectivity index (χ4n) is 2.99. The SMILES string of the molecule is O=C(Cc1csc(Nc2ccccc2)n1)NCCc1c[nH]c2ccccc12. The number of aromatic amines is 1. The van der Waals surface area contributed by atoms with Gasteiger partial charge in [-0.2, -0.15) is 0 Å². The van der Waals surface area contributed by atoms with Crippen LogP contribution in [0.1, 0.15) is 11.3 Å². The number of aromatic nitrogens is 2. The molecule has 4 aromatic rings. The zero-order chi connectivity index (χ0) is 18.5. The number of carbonyl (C=O) groups is 1. The van der Waals surface area contributed by atoms with E-state index in [1.165, 1.54) is 22.3 Å². The van der Waals surface area contributed by atoms with Gasteiger partial charge in [-0.05, 0) is 30.2 Å². The molecule has 136 valence electrons. The second-order valence-electron chi connectivity index (χ2n) is 6.27. The number of H-pyrrole nitrogens is 1. The van der Waals surface area contributed by atoms with Gasteiger partial charge >= 0.3 is 0 Å². The maximum absolute atomic E-state index is 12.2. The highest BCUT2D eigenvalue weighted by Crippen LogP contribution is 2.21. The minimum Gasteiger partial charge on any atom is -0.361 e. The van der Waals surface area contributed by atoms with Gasteiger partial charge in [0.1, 0.15) is 0 Å². The summed E-state index contributed by atoms with van der Waals surface area (Å²) in [7, 11) is 0. The Hall–Kier alpha value is -3.12. The largest absolute Gasteiger partial charge is 0.361 e.